The highest BCUT2D eigenvalue weighted by atomic mass is 16.1. The van der Waals surface area contributed by atoms with Crippen LogP contribution >= 0.6 is 0 Å². The van der Waals surface area contributed by atoms with Crippen molar-refractivity contribution in [3.8, 4) is 0 Å². The molecule has 5 nitrogen and oxygen atoms in total. The number of hydrogen-bond acceptors (Lipinski definition) is 4. The number of nitrogens with two attached hydrogens (primary N) is 1. The maximum absolute atomic E-state index is 11.0. The summed E-state index contributed by atoms with van der Waals surface area (Å²) in [6, 6.07) is 2.24. The molecule has 1 aromatic rings. The van der Waals surface area contributed by atoms with Crippen LogP contribution in [0.25, 0.3) is 0 Å². The number of pyridine rings is 1. The maximum Gasteiger partial charge on any atom is 0.217 e. The fraction of sp³-hybridized carbons (Fsp3) is 0.500. The zero-order chi connectivity index (χ0) is 12.3. The number of nitrogen functional groups attached to an aromatic ring is 1. The lowest BCUT2D eigenvalue weighted by molar-refractivity contribution is -0.119. The number of carbonyl (C=O) groups excluding carboxylic acids is 1. The van der Waals surface area contributed by atoms with Crippen LogP contribution in [0.5, 0.6) is 0 Å². The summed E-state index contributed by atoms with van der Waals surface area (Å²) in [5, 5.41) is 2.96. The lowest BCUT2D eigenvalue weighted by Gasteiger charge is -2.33. The van der Waals surface area contributed by atoms with Crippen LogP contribution in [0.3, 0.4) is 0 Å². The molecule has 1 fully saturated rings. The van der Waals surface area contributed by atoms with Crippen molar-refractivity contribution in [1.82, 2.24) is 10.3 Å². The molecule has 1 amide bonds. The summed E-state index contributed by atoms with van der Waals surface area (Å²) < 4.78 is 0. The SMILES string of the molecule is CC(=O)NC1CCN(c2cncc(N)c2)CC1. The van der Waals surface area contributed by atoms with Crippen molar-refractivity contribution in [3.05, 3.63) is 18.5 Å². The van der Waals surface area contributed by atoms with Crippen LogP contribution in [0.2, 0.25) is 0 Å². The Balaban J connectivity index is 1.93. The summed E-state index contributed by atoms with van der Waals surface area (Å²) in [5.41, 5.74) is 7.46. The Labute approximate surface area is 101 Å². The van der Waals surface area contributed by atoms with E-state index in [0.29, 0.717) is 11.7 Å². The zero-order valence-corrected chi connectivity index (χ0v) is 10.0. The second-order valence-corrected chi connectivity index (χ2v) is 4.44. The number of anilines is 2. The Hall–Kier alpha value is -1.78. The Morgan fingerprint density at radius 1 is 1.47 bits per heavy atom. The Bertz CT molecular complexity index is 399. The first-order chi connectivity index (χ1) is 8.15. The Morgan fingerprint density at radius 2 is 2.18 bits per heavy atom. The van der Waals surface area contributed by atoms with Gasteiger partial charge < -0.3 is 16.0 Å². The number of amides is 1. The largest absolute Gasteiger partial charge is 0.397 e. The molecule has 1 saturated heterocycles. The molecule has 0 atom stereocenters. The molecule has 2 rings (SSSR count). The maximum atomic E-state index is 11.0. The van der Waals surface area contributed by atoms with E-state index in [9.17, 15) is 4.79 Å². The van der Waals surface area contributed by atoms with Gasteiger partial charge in [-0.2, -0.15) is 0 Å². The molecule has 0 saturated carbocycles. The minimum Gasteiger partial charge on any atom is -0.397 e. The normalized spacial score (nSPS) is 16.9. The van der Waals surface area contributed by atoms with Crippen molar-refractivity contribution in [3.63, 3.8) is 0 Å². The highest BCUT2D eigenvalue weighted by Gasteiger charge is 2.19. The third-order valence-corrected chi connectivity index (χ3v) is 3.01. The van der Waals surface area contributed by atoms with Gasteiger partial charge in [-0.15, -0.1) is 0 Å². The zero-order valence-electron chi connectivity index (χ0n) is 10.0. The topological polar surface area (TPSA) is 71.2 Å². The lowest BCUT2D eigenvalue weighted by Crippen LogP contribution is -2.44. The lowest BCUT2D eigenvalue weighted by atomic mass is 10.0. The van der Waals surface area contributed by atoms with Crippen LogP contribution in [0.4, 0.5) is 11.4 Å². The van der Waals surface area contributed by atoms with Gasteiger partial charge in [0.1, 0.15) is 0 Å². The second kappa shape index (κ2) is 5.03. The van der Waals surface area contributed by atoms with Crippen molar-refractivity contribution in [2.75, 3.05) is 23.7 Å². The van der Waals surface area contributed by atoms with E-state index in [2.05, 4.69) is 15.2 Å². The van der Waals surface area contributed by atoms with E-state index in [-0.39, 0.29) is 5.91 Å². The monoisotopic (exact) mass is 234 g/mol. The van der Waals surface area contributed by atoms with Gasteiger partial charge >= 0.3 is 0 Å². The van der Waals surface area contributed by atoms with E-state index in [0.717, 1.165) is 31.6 Å². The highest BCUT2D eigenvalue weighted by Crippen LogP contribution is 2.20. The molecule has 17 heavy (non-hydrogen) atoms. The summed E-state index contributed by atoms with van der Waals surface area (Å²) in [4.78, 5) is 17.3. The predicted molar refractivity (Wildman–Crippen MR) is 67.7 cm³/mol. The number of piperidine rings is 1. The molecule has 1 aliphatic heterocycles. The first kappa shape index (κ1) is 11.7. The minimum absolute atomic E-state index is 0.0501. The third kappa shape index (κ3) is 3.09. The Kier molecular flexibility index (Phi) is 3.46. The summed E-state index contributed by atoms with van der Waals surface area (Å²) >= 11 is 0. The average molecular weight is 234 g/mol. The second-order valence-electron chi connectivity index (χ2n) is 4.44. The fourth-order valence-corrected chi connectivity index (χ4v) is 2.19. The molecule has 2 heterocycles. The molecule has 0 spiro atoms. The van der Waals surface area contributed by atoms with E-state index in [1.54, 1.807) is 13.1 Å². The van der Waals surface area contributed by atoms with Crippen LogP contribution < -0.4 is 16.0 Å². The number of aromatic nitrogens is 1. The van der Waals surface area contributed by atoms with Crippen LogP contribution in [0, 0.1) is 0 Å². The van der Waals surface area contributed by atoms with Gasteiger partial charge in [0.25, 0.3) is 0 Å². The molecular formula is C12H18N4O. The molecule has 0 unspecified atom stereocenters. The predicted octanol–water partition coefficient (Wildman–Crippen LogP) is 0.769. The molecule has 0 aromatic carbocycles. The van der Waals surface area contributed by atoms with Crippen molar-refractivity contribution < 1.29 is 4.79 Å². The quantitative estimate of drug-likeness (QED) is 0.793. The first-order valence-corrected chi connectivity index (χ1v) is 5.88. The first-order valence-electron chi connectivity index (χ1n) is 5.88. The number of rotatable bonds is 2. The average Bonchev–Trinajstić information content (AvgIpc) is 2.29. The van der Waals surface area contributed by atoms with Gasteiger partial charge in [0.05, 0.1) is 17.6 Å². The van der Waals surface area contributed by atoms with E-state index in [4.69, 9.17) is 5.73 Å². The molecule has 0 radical (unpaired) electrons. The fourth-order valence-electron chi connectivity index (χ4n) is 2.19. The number of carbonyl (C=O) groups is 1. The van der Waals surface area contributed by atoms with Gasteiger partial charge in [-0.1, -0.05) is 0 Å². The molecule has 0 bridgehead atoms. The van der Waals surface area contributed by atoms with Gasteiger partial charge in [0.2, 0.25) is 5.91 Å². The molecule has 1 aliphatic rings. The molecule has 92 valence electrons. The Morgan fingerprint density at radius 3 is 2.76 bits per heavy atom. The number of nitrogens with zero attached hydrogens (tertiary/aromatic N) is 2. The molecule has 5 heteroatoms. The van der Waals surface area contributed by atoms with Crippen molar-refractivity contribution >= 4 is 17.3 Å². The minimum atomic E-state index is 0.0501. The van der Waals surface area contributed by atoms with Crippen LogP contribution in [-0.2, 0) is 4.79 Å². The van der Waals surface area contributed by atoms with E-state index >= 15 is 0 Å². The van der Waals surface area contributed by atoms with E-state index in [1.165, 1.54) is 0 Å². The smallest absolute Gasteiger partial charge is 0.217 e. The van der Waals surface area contributed by atoms with Crippen molar-refractivity contribution in [2.24, 2.45) is 0 Å². The summed E-state index contributed by atoms with van der Waals surface area (Å²) in [6.07, 6.45) is 5.41. The number of hydrogen-bond donors (Lipinski definition) is 2. The van der Waals surface area contributed by atoms with Crippen LogP contribution in [0.15, 0.2) is 18.5 Å². The molecule has 0 aliphatic carbocycles. The molecule has 3 N–H and O–H groups in total. The summed E-state index contributed by atoms with van der Waals surface area (Å²) in [7, 11) is 0. The van der Waals surface area contributed by atoms with Crippen LogP contribution in [-0.4, -0.2) is 30.0 Å². The molecular weight excluding hydrogens is 216 g/mol. The third-order valence-electron chi connectivity index (χ3n) is 3.01. The van der Waals surface area contributed by atoms with Crippen molar-refractivity contribution in [1.29, 1.82) is 0 Å². The van der Waals surface area contributed by atoms with Gasteiger partial charge in [-0.05, 0) is 18.9 Å². The van der Waals surface area contributed by atoms with E-state index in [1.807, 2.05) is 12.3 Å². The van der Waals surface area contributed by atoms with E-state index < -0.39 is 0 Å². The summed E-state index contributed by atoms with van der Waals surface area (Å²) in [5.74, 6) is 0.0501. The van der Waals surface area contributed by atoms with Gasteiger partial charge in [0, 0.05) is 32.3 Å². The summed E-state index contributed by atoms with van der Waals surface area (Å²) in [6.45, 7) is 3.42. The van der Waals surface area contributed by atoms with Crippen molar-refractivity contribution in [2.45, 2.75) is 25.8 Å². The van der Waals surface area contributed by atoms with Crippen LogP contribution in [0.1, 0.15) is 19.8 Å². The van der Waals surface area contributed by atoms with Gasteiger partial charge in [-0.3, -0.25) is 9.78 Å². The van der Waals surface area contributed by atoms with Gasteiger partial charge in [0.15, 0.2) is 0 Å². The standard InChI is InChI=1S/C12H18N4O/c1-9(17)15-11-2-4-16(5-3-11)12-6-10(13)7-14-8-12/h6-8,11H,2-5,13H2,1H3,(H,15,17). The number of nitrogens with one attached hydrogen (secondary N) is 1. The highest BCUT2D eigenvalue weighted by molar-refractivity contribution is 5.73. The molecule has 1 aromatic heterocycles. The van der Waals surface area contributed by atoms with Gasteiger partial charge in [-0.25, -0.2) is 0 Å².